The van der Waals surface area contributed by atoms with Crippen molar-refractivity contribution in [2.75, 3.05) is 13.1 Å². The SMILES string of the molecule is CCC1(c2nc(-c3ccc(F)c(F)c3)no2)CCNC1. The van der Waals surface area contributed by atoms with E-state index in [0.29, 0.717) is 17.3 Å². The third-order valence-electron chi connectivity index (χ3n) is 3.98. The van der Waals surface area contributed by atoms with Gasteiger partial charge < -0.3 is 9.84 Å². The van der Waals surface area contributed by atoms with E-state index in [4.69, 9.17) is 4.52 Å². The second-order valence-corrected chi connectivity index (χ2v) is 5.11. The van der Waals surface area contributed by atoms with Gasteiger partial charge >= 0.3 is 0 Å². The average molecular weight is 279 g/mol. The largest absolute Gasteiger partial charge is 0.338 e. The number of aromatic nitrogens is 2. The molecule has 0 saturated carbocycles. The zero-order valence-electron chi connectivity index (χ0n) is 11.1. The van der Waals surface area contributed by atoms with Crippen molar-refractivity contribution in [1.29, 1.82) is 0 Å². The molecule has 1 saturated heterocycles. The predicted octanol–water partition coefficient (Wildman–Crippen LogP) is 2.66. The van der Waals surface area contributed by atoms with E-state index in [2.05, 4.69) is 22.4 Å². The van der Waals surface area contributed by atoms with Gasteiger partial charge in [-0.15, -0.1) is 0 Å². The number of halogens is 2. The Hall–Kier alpha value is -1.82. The second kappa shape index (κ2) is 4.94. The number of hydrogen-bond donors (Lipinski definition) is 1. The van der Waals surface area contributed by atoms with Crippen molar-refractivity contribution in [2.24, 2.45) is 0 Å². The topological polar surface area (TPSA) is 51.0 Å². The van der Waals surface area contributed by atoms with E-state index in [0.717, 1.165) is 38.1 Å². The third kappa shape index (κ3) is 2.10. The average Bonchev–Trinajstić information content (AvgIpc) is 3.10. The highest BCUT2D eigenvalue weighted by Gasteiger charge is 2.39. The van der Waals surface area contributed by atoms with E-state index in [1.165, 1.54) is 6.07 Å². The van der Waals surface area contributed by atoms with E-state index in [1.54, 1.807) is 0 Å². The van der Waals surface area contributed by atoms with Crippen LogP contribution in [0.3, 0.4) is 0 Å². The minimum atomic E-state index is -0.915. The van der Waals surface area contributed by atoms with Crippen molar-refractivity contribution in [3.05, 3.63) is 35.7 Å². The Morgan fingerprint density at radius 3 is 2.85 bits per heavy atom. The van der Waals surface area contributed by atoms with Gasteiger partial charge in [0.1, 0.15) is 0 Å². The van der Waals surface area contributed by atoms with E-state index < -0.39 is 11.6 Å². The molecule has 3 rings (SSSR count). The summed E-state index contributed by atoms with van der Waals surface area (Å²) in [6.07, 6.45) is 1.82. The van der Waals surface area contributed by atoms with Crippen LogP contribution in [0.15, 0.2) is 22.7 Å². The monoisotopic (exact) mass is 279 g/mol. The quantitative estimate of drug-likeness (QED) is 0.938. The lowest BCUT2D eigenvalue weighted by Gasteiger charge is -2.20. The highest BCUT2D eigenvalue weighted by Crippen LogP contribution is 2.34. The molecule has 0 spiro atoms. The number of benzene rings is 1. The van der Waals surface area contributed by atoms with Crippen molar-refractivity contribution < 1.29 is 13.3 Å². The van der Waals surface area contributed by atoms with E-state index >= 15 is 0 Å². The minimum Gasteiger partial charge on any atom is -0.338 e. The highest BCUT2D eigenvalue weighted by molar-refractivity contribution is 5.54. The second-order valence-electron chi connectivity index (χ2n) is 5.11. The molecular weight excluding hydrogens is 264 g/mol. The zero-order valence-corrected chi connectivity index (χ0v) is 11.1. The van der Waals surface area contributed by atoms with Crippen LogP contribution in [0.5, 0.6) is 0 Å². The molecule has 0 amide bonds. The molecule has 20 heavy (non-hydrogen) atoms. The number of nitrogens with zero attached hydrogens (tertiary/aromatic N) is 2. The van der Waals surface area contributed by atoms with Crippen LogP contribution in [0.25, 0.3) is 11.4 Å². The van der Waals surface area contributed by atoms with E-state index in [1.807, 2.05) is 0 Å². The molecule has 1 atom stereocenters. The lowest BCUT2D eigenvalue weighted by atomic mass is 9.84. The molecular formula is C14H15F2N3O. The highest BCUT2D eigenvalue weighted by atomic mass is 19.2. The van der Waals surface area contributed by atoms with Gasteiger partial charge in [-0.2, -0.15) is 4.98 Å². The lowest BCUT2D eigenvalue weighted by Crippen LogP contribution is -2.28. The summed E-state index contributed by atoms with van der Waals surface area (Å²) in [5.41, 5.74) is 0.264. The van der Waals surface area contributed by atoms with Crippen LogP contribution in [-0.4, -0.2) is 23.2 Å². The molecule has 1 aromatic carbocycles. The fraction of sp³-hybridized carbons (Fsp3) is 0.429. The summed E-state index contributed by atoms with van der Waals surface area (Å²) < 4.78 is 31.5. The summed E-state index contributed by atoms with van der Waals surface area (Å²) in [6, 6.07) is 3.58. The molecule has 106 valence electrons. The van der Waals surface area contributed by atoms with Gasteiger partial charge in [-0.05, 0) is 37.6 Å². The summed E-state index contributed by atoms with van der Waals surface area (Å²) >= 11 is 0. The molecule has 0 radical (unpaired) electrons. The predicted molar refractivity (Wildman–Crippen MR) is 69.1 cm³/mol. The molecule has 0 aliphatic carbocycles. The van der Waals surface area contributed by atoms with Crippen LogP contribution >= 0.6 is 0 Å². The van der Waals surface area contributed by atoms with Crippen molar-refractivity contribution in [2.45, 2.75) is 25.2 Å². The molecule has 1 aliphatic heterocycles. The molecule has 2 heterocycles. The Morgan fingerprint density at radius 1 is 1.35 bits per heavy atom. The lowest BCUT2D eigenvalue weighted by molar-refractivity contribution is 0.285. The fourth-order valence-electron chi connectivity index (χ4n) is 2.57. The van der Waals surface area contributed by atoms with Crippen LogP contribution < -0.4 is 5.32 Å². The summed E-state index contributed by atoms with van der Waals surface area (Å²) in [4.78, 5) is 4.37. The first-order chi connectivity index (χ1) is 9.64. The first kappa shape index (κ1) is 13.2. The molecule has 4 nitrogen and oxygen atoms in total. The molecule has 2 aromatic rings. The molecule has 6 heteroatoms. The van der Waals surface area contributed by atoms with Gasteiger partial charge in [0, 0.05) is 12.1 Å². The van der Waals surface area contributed by atoms with Crippen molar-refractivity contribution in [3.63, 3.8) is 0 Å². The Labute approximate surface area is 115 Å². The van der Waals surface area contributed by atoms with Crippen LogP contribution in [0.1, 0.15) is 25.7 Å². The standard InChI is InChI=1S/C14H15F2N3O/c1-2-14(5-6-17-8-14)13-18-12(19-20-13)9-3-4-10(15)11(16)7-9/h3-4,7,17H,2,5-6,8H2,1H3. The Morgan fingerprint density at radius 2 is 2.20 bits per heavy atom. The maximum absolute atomic E-state index is 13.2. The van der Waals surface area contributed by atoms with Crippen molar-refractivity contribution >= 4 is 0 Å². The molecule has 1 unspecified atom stereocenters. The number of hydrogen-bond acceptors (Lipinski definition) is 4. The van der Waals surface area contributed by atoms with E-state index in [9.17, 15) is 8.78 Å². The van der Waals surface area contributed by atoms with Crippen LogP contribution in [-0.2, 0) is 5.41 Å². The van der Waals surface area contributed by atoms with Gasteiger partial charge in [-0.25, -0.2) is 8.78 Å². The van der Waals surface area contributed by atoms with Crippen molar-refractivity contribution in [3.8, 4) is 11.4 Å². The van der Waals surface area contributed by atoms with Gasteiger partial charge in [0.05, 0.1) is 5.41 Å². The minimum absolute atomic E-state index is 0.149. The maximum Gasteiger partial charge on any atom is 0.234 e. The first-order valence-corrected chi connectivity index (χ1v) is 6.65. The maximum atomic E-state index is 13.2. The number of rotatable bonds is 3. The molecule has 1 N–H and O–H groups in total. The summed E-state index contributed by atoms with van der Waals surface area (Å²) in [5, 5.41) is 7.18. The number of nitrogens with one attached hydrogen (secondary N) is 1. The van der Waals surface area contributed by atoms with E-state index in [-0.39, 0.29) is 5.41 Å². The van der Waals surface area contributed by atoms with Gasteiger partial charge in [0.25, 0.3) is 0 Å². The Bertz CT molecular complexity index is 621. The summed E-state index contributed by atoms with van der Waals surface area (Å²) in [6.45, 7) is 3.79. The van der Waals surface area contributed by atoms with Crippen molar-refractivity contribution in [1.82, 2.24) is 15.5 Å². The van der Waals surface area contributed by atoms with Crippen LogP contribution in [0.4, 0.5) is 8.78 Å². The first-order valence-electron chi connectivity index (χ1n) is 6.65. The smallest absolute Gasteiger partial charge is 0.234 e. The van der Waals surface area contributed by atoms with Gasteiger partial charge in [-0.1, -0.05) is 12.1 Å². The Kier molecular flexibility index (Phi) is 3.25. The summed E-state index contributed by atoms with van der Waals surface area (Å²) in [7, 11) is 0. The van der Waals surface area contributed by atoms with Crippen LogP contribution in [0, 0.1) is 11.6 Å². The van der Waals surface area contributed by atoms with Gasteiger partial charge in [0.2, 0.25) is 11.7 Å². The molecule has 1 aliphatic rings. The zero-order chi connectivity index (χ0) is 14.2. The molecule has 0 bridgehead atoms. The summed E-state index contributed by atoms with van der Waals surface area (Å²) in [5.74, 6) is -0.951. The molecule has 1 fully saturated rings. The van der Waals surface area contributed by atoms with Crippen LogP contribution in [0.2, 0.25) is 0 Å². The Balaban J connectivity index is 1.95. The third-order valence-corrected chi connectivity index (χ3v) is 3.98. The van der Waals surface area contributed by atoms with Gasteiger partial charge in [-0.3, -0.25) is 0 Å². The fourth-order valence-corrected chi connectivity index (χ4v) is 2.57. The molecule has 1 aromatic heterocycles. The van der Waals surface area contributed by atoms with Gasteiger partial charge in [0.15, 0.2) is 11.6 Å². The normalized spacial score (nSPS) is 22.4.